The summed E-state index contributed by atoms with van der Waals surface area (Å²) in [4.78, 5) is 4.60. The van der Waals surface area contributed by atoms with Crippen molar-refractivity contribution in [1.29, 1.82) is 0 Å². The molecule has 2 nitrogen and oxygen atoms in total. The Morgan fingerprint density at radius 3 is 2.40 bits per heavy atom. The molecular weight excluding hydrogens is 554 g/mol. The molecule has 0 amide bonds. The first-order chi connectivity index (χ1) is 20.8. The van der Waals surface area contributed by atoms with Crippen LogP contribution in [0.15, 0.2) is 103 Å². The van der Waals surface area contributed by atoms with Gasteiger partial charge in [0.2, 0.25) is 0 Å². The normalized spacial score (nSPS) is 14.3. The highest BCUT2D eigenvalue weighted by Gasteiger charge is 2.25. The number of anilines is 1. The van der Waals surface area contributed by atoms with Crippen molar-refractivity contribution in [2.75, 3.05) is 11.9 Å². The fourth-order valence-electron chi connectivity index (χ4n) is 4.87. The van der Waals surface area contributed by atoms with Gasteiger partial charge in [-0.15, -0.1) is 0 Å². The minimum Gasteiger partial charge on any atom is -0.369 e. The molecule has 0 fully saturated rings. The molecule has 0 radical (unpaired) electrons. The Hall–Kier alpha value is -3.70. The second kappa shape index (κ2) is 18.8. The molecule has 5 heteroatoms. The van der Waals surface area contributed by atoms with Gasteiger partial charge in [-0.25, -0.2) is 13.8 Å². The summed E-state index contributed by atoms with van der Waals surface area (Å²) in [6.07, 6.45) is 13.0. The lowest BCUT2D eigenvalue weighted by molar-refractivity contribution is 0.507. The highest BCUT2D eigenvalue weighted by molar-refractivity contribution is 7.78. The van der Waals surface area contributed by atoms with Gasteiger partial charge in [0.25, 0.3) is 0 Å². The predicted molar refractivity (Wildman–Crippen MR) is 185 cm³/mol. The number of pyridine rings is 1. The number of hydrogen-bond donors (Lipinski definition) is 1. The molecule has 228 valence electrons. The van der Waals surface area contributed by atoms with Crippen LogP contribution in [0.3, 0.4) is 0 Å². The van der Waals surface area contributed by atoms with Gasteiger partial charge in [0.15, 0.2) is 11.6 Å². The van der Waals surface area contributed by atoms with E-state index in [9.17, 15) is 8.78 Å². The summed E-state index contributed by atoms with van der Waals surface area (Å²) in [5.74, 6) is -0.128. The fourth-order valence-corrected chi connectivity index (χ4v) is 4.87. The molecule has 3 aromatic rings. The number of aryl methyl sites for hydroxylation is 3. The van der Waals surface area contributed by atoms with Crippen LogP contribution in [0.2, 0.25) is 0 Å². The van der Waals surface area contributed by atoms with Gasteiger partial charge in [0.05, 0.1) is 0 Å². The monoisotopic (exact) mass is 600 g/mol. The Balaban J connectivity index is 0.000000358. The molecule has 1 aliphatic heterocycles. The second-order valence-corrected chi connectivity index (χ2v) is 10.5. The topological polar surface area (TPSA) is 24.9 Å². The van der Waals surface area contributed by atoms with Crippen LogP contribution in [0.4, 0.5) is 14.6 Å². The third-order valence-electron chi connectivity index (χ3n) is 7.22. The van der Waals surface area contributed by atoms with Crippen LogP contribution in [0.25, 0.3) is 0 Å². The number of nitrogens with one attached hydrogen (secondary N) is 1. The number of allylic oxidation sites excluding steroid dienone is 6. The van der Waals surface area contributed by atoms with Crippen LogP contribution < -0.4 is 5.32 Å². The molecule has 2 aliphatic rings. The average Bonchev–Trinajstić information content (AvgIpc) is 3.46. The third kappa shape index (κ3) is 10.5. The van der Waals surface area contributed by atoms with Crippen molar-refractivity contribution in [2.45, 2.75) is 72.6 Å². The first-order valence-corrected chi connectivity index (χ1v) is 15.7. The van der Waals surface area contributed by atoms with E-state index in [1.807, 2.05) is 33.9 Å². The van der Waals surface area contributed by atoms with Gasteiger partial charge in [-0.05, 0) is 102 Å². The molecule has 5 rings (SSSR count). The Morgan fingerprint density at radius 1 is 1.02 bits per heavy atom. The zero-order valence-electron chi connectivity index (χ0n) is 26.4. The Bertz CT molecular complexity index is 1440. The first kappa shape index (κ1) is 35.5. The SMILES string of the molecule is C=C1CC=CC=C1C(=C)CCc1cccc(C2CNc3ncc(CC)cc32)c1.CC.CC=S.CCc1ccc(F)c(F)c1. The first-order valence-electron chi connectivity index (χ1n) is 15.2. The van der Waals surface area contributed by atoms with E-state index in [4.69, 9.17) is 0 Å². The van der Waals surface area contributed by atoms with E-state index >= 15 is 0 Å². The Kier molecular flexibility index (Phi) is 15.5. The summed E-state index contributed by atoms with van der Waals surface area (Å²) in [5, 5.41) is 5.05. The Morgan fingerprint density at radius 2 is 1.74 bits per heavy atom. The molecule has 2 aromatic carbocycles. The van der Waals surface area contributed by atoms with Gasteiger partial charge in [0, 0.05) is 24.2 Å². The van der Waals surface area contributed by atoms with Crippen molar-refractivity contribution in [3.05, 3.63) is 142 Å². The number of nitrogens with zero attached hydrogens (tertiary/aromatic N) is 1. The summed E-state index contributed by atoms with van der Waals surface area (Å²) in [6.45, 7) is 19.3. The summed E-state index contributed by atoms with van der Waals surface area (Å²) in [6, 6.07) is 15.3. The van der Waals surface area contributed by atoms with Crippen molar-refractivity contribution < 1.29 is 8.78 Å². The number of hydrogen-bond acceptors (Lipinski definition) is 3. The number of halogens is 2. The summed E-state index contributed by atoms with van der Waals surface area (Å²) >= 11 is 4.27. The van der Waals surface area contributed by atoms with E-state index in [0.717, 1.165) is 56.1 Å². The molecule has 1 aliphatic carbocycles. The lowest BCUT2D eigenvalue weighted by atomic mass is 9.89. The van der Waals surface area contributed by atoms with Crippen molar-refractivity contribution in [1.82, 2.24) is 4.98 Å². The highest BCUT2D eigenvalue weighted by Crippen LogP contribution is 2.36. The quantitative estimate of drug-likeness (QED) is 0.273. The van der Waals surface area contributed by atoms with Crippen molar-refractivity contribution >= 4 is 23.4 Å². The van der Waals surface area contributed by atoms with Crippen LogP contribution in [0.1, 0.15) is 81.2 Å². The maximum atomic E-state index is 12.4. The van der Waals surface area contributed by atoms with Crippen LogP contribution >= 0.6 is 12.2 Å². The molecule has 1 aromatic heterocycles. The van der Waals surface area contributed by atoms with E-state index in [0.29, 0.717) is 5.92 Å². The molecule has 1 unspecified atom stereocenters. The highest BCUT2D eigenvalue weighted by atomic mass is 32.1. The largest absolute Gasteiger partial charge is 0.369 e. The molecule has 0 spiro atoms. The van der Waals surface area contributed by atoms with Crippen LogP contribution in [-0.2, 0) is 19.3 Å². The smallest absolute Gasteiger partial charge is 0.159 e. The van der Waals surface area contributed by atoms with Gasteiger partial charge in [0.1, 0.15) is 5.82 Å². The lowest BCUT2D eigenvalue weighted by Gasteiger charge is -2.16. The molecule has 0 saturated heterocycles. The molecular formula is C38H46F2N2S. The van der Waals surface area contributed by atoms with Gasteiger partial charge in [-0.3, -0.25) is 0 Å². The van der Waals surface area contributed by atoms with E-state index in [2.05, 4.69) is 91.2 Å². The molecule has 0 saturated carbocycles. The lowest BCUT2D eigenvalue weighted by Crippen LogP contribution is -2.04. The van der Waals surface area contributed by atoms with E-state index in [-0.39, 0.29) is 0 Å². The minimum absolute atomic E-state index is 0.378. The summed E-state index contributed by atoms with van der Waals surface area (Å²) in [5.41, 5.74) is 9.77. The third-order valence-corrected chi connectivity index (χ3v) is 7.22. The van der Waals surface area contributed by atoms with Crippen molar-refractivity contribution in [3.8, 4) is 0 Å². The molecule has 1 atom stereocenters. The zero-order chi connectivity index (χ0) is 31.8. The average molecular weight is 601 g/mol. The maximum absolute atomic E-state index is 12.4. The summed E-state index contributed by atoms with van der Waals surface area (Å²) < 4.78 is 24.7. The van der Waals surface area contributed by atoms with E-state index < -0.39 is 11.6 Å². The fraction of sp³-hybridized carbons (Fsp3) is 0.316. The standard InChI is InChI=1S/C26H28N2.C8H8F2.C2H4S.C2H6/c1-4-20-15-24-25(17-28-26(24)27-16-20)22-10-7-9-21(14-22)13-12-19(3)23-11-6-5-8-18(23)2;1-2-6-3-4-7(9)8(10)5-6;1-2-3;1-2/h5-7,9-11,14-16,25H,2-4,8,12-13,17H2,1H3,(H,27,28);3-5H,2H2,1H3;2H,1H3;1-2H3. The molecule has 1 N–H and O–H groups in total. The zero-order valence-corrected chi connectivity index (χ0v) is 27.2. The van der Waals surface area contributed by atoms with E-state index in [1.54, 1.807) is 11.4 Å². The molecule has 2 heterocycles. The number of thiocarbonyl (C=S) groups is 1. The van der Waals surface area contributed by atoms with Gasteiger partial charge in [-0.1, -0.05) is 102 Å². The van der Waals surface area contributed by atoms with Crippen molar-refractivity contribution in [3.63, 3.8) is 0 Å². The van der Waals surface area contributed by atoms with Gasteiger partial charge >= 0.3 is 0 Å². The van der Waals surface area contributed by atoms with Gasteiger partial charge in [-0.2, -0.15) is 0 Å². The summed E-state index contributed by atoms with van der Waals surface area (Å²) in [7, 11) is 0. The number of benzene rings is 2. The van der Waals surface area contributed by atoms with Crippen LogP contribution in [0.5, 0.6) is 0 Å². The number of rotatable bonds is 7. The van der Waals surface area contributed by atoms with E-state index in [1.165, 1.54) is 45.0 Å². The molecule has 0 bridgehead atoms. The molecule has 43 heavy (non-hydrogen) atoms. The Labute approximate surface area is 263 Å². The van der Waals surface area contributed by atoms with Gasteiger partial charge < -0.3 is 5.32 Å². The van der Waals surface area contributed by atoms with Crippen LogP contribution in [0, 0.1) is 11.6 Å². The van der Waals surface area contributed by atoms with Crippen LogP contribution in [-0.4, -0.2) is 16.9 Å². The maximum Gasteiger partial charge on any atom is 0.159 e. The number of fused-ring (bicyclic) bond motifs is 1. The van der Waals surface area contributed by atoms with Crippen molar-refractivity contribution in [2.24, 2.45) is 0 Å². The number of aromatic nitrogens is 1. The minimum atomic E-state index is -0.780. The predicted octanol–water partition coefficient (Wildman–Crippen LogP) is 10.7. The second-order valence-electron chi connectivity index (χ2n) is 10.1.